The lowest BCUT2D eigenvalue weighted by Gasteiger charge is -2.30. The van der Waals surface area contributed by atoms with Crippen molar-refractivity contribution in [2.75, 3.05) is 13.1 Å². The van der Waals surface area contributed by atoms with Crippen LogP contribution in [0.5, 0.6) is 0 Å². The van der Waals surface area contributed by atoms with Gasteiger partial charge in [0.25, 0.3) is 0 Å². The van der Waals surface area contributed by atoms with Gasteiger partial charge in [0.2, 0.25) is 17.7 Å². The van der Waals surface area contributed by atoms with Crippen LogP contribution in [-0.4, -0.2) is 52.7 Å². The first kappa shape index (κ1) is 23.1. The molecule has 3 rings (SSSR count). The molecule has 2 atom stereocenters. The van der Waals surface area contributed by atoms with Crippen molar-refractivity contribution in [3.8, 4) is 0 Å². The fourth-order valence-electron chi connectivity index (χ4n) is 4.17. The van der Waals surface area contributed by atoms with Crippen LogP contribution >= 0.6 is 0 Å². The number of hydrogen-bond acceptors (Lipinski definition) is 3. The second-order valence-corrected chi connectivity index (χ2v) is 9.25. The summed E-state index contributed by atoms with van der Waals surface area (Å²) in [5, 5.41) is 2.83. The molecule has 0 aromatic heterocycles. The van der Waals surface area contributed by atoms with Crippen LogP contribution in [-0.2, 0) is 27.1 Å². The number of halogens is 3. The molecule has 6 nitrogen and oxygen atoms in total. The van der Waals surface area contributed by atoms with Crippen molar-refractivity contribution in [1.29, 1.82) is 0 Å². The third-order valence-electron chi connectivity index (χ3n) is 5.70. The largest absolute Gasteiger partial charge is 0.416 e. The van der Waals surface area contributed by atoms with E-state index in [0.29, 0.717) is 13.0 Å². The van der Waals surface area contributed by atoms with E-state index in [4.69, 9.17) is 0 Å². The molecule has 0 saturated carbocycles. The van der Waals surface area contributed by atoms with Gasteiger partial charge in [-0.3, -0.25) is 14.4 Å². The third kappa shape index (κ3) is 5.19. The van der Waals surface area contributed by atoms with Gasteiger partial charge in [0.05, 0.1) is 11.6 Å². The molecule has 2 heterocycles. The van der Waals surface area contributed by atoms with Gasteiger partial charge in [-0.1, -0.05) is 39.0 Å². The summed E-state index contributed by atoms with van der Waals surface area (Å²) in [5.41, 5.74) is -1.35. The topological polar surface area (TPSA) is 69.7 Å². The standard InChI is InChI=1S/C22H28F3N3O3/c1-21(2,3)20(31)28-10-6-9-17(28)19(30)26-15-11-18(29)27(13-15)12-14-7-4-5-8-16(14)22(23,24)25/h4-5,7-8,15,17H,6,9-13H2,1-3H3,(H,26,30)/t15-,17-/m0/s1. The van der Waals surface area contributed by atoms with E-state index in [1.165, 1.54) is 23.1 Å². The maximum absolute atomic E-state index is 13.2. The first-order chi connectivity index (χ1) is 14.4. The van der Waals surface area contributed by atoms with E-state index < -0.39 is 29.2 Å². The summed E-state index contributed by atoms with van der Waals surface area (Å²) in [7, 11) is 0. The highest BCUT2D eigenvalue weighted by atomic mass is 19.4. The number of rotatable bonds is 4. The summed E-state index contributed by atoms with van der Waals surface area (Å²) in [6.07, 6.45) is -3.20. The lowest BCUT2D eigenvalue weighted by molar-refractivity contribution is -0.144. The van der Waals surface area contributed by atoms with E-state index in [1.54, 1.807) is 25.7 Å². The van der Waals surface area contributed by atoms with Crippen LogP contribution < -0.4 is 5.32 Å². The monoisotopic (exact) mass is 439 g/mol. The van der Waals surface area contributed by atoms with Crippen LogP contribution in [0.2, 0.25) is 0 Å². The van der Waals surface area contributed by atoms with Crippen molar-refractivity contribution in [2.45, 2.75) is 64.8 Å². The Kier molecular flexibility index (Phi) is 6.34. The molecular formula is C22H28F3N3O3. The molecule has 0 radical (unpaired) electrons. The molecule has 3 amide bonds. The summed E-state index contributed by atoms with van der Waals surface area (Å²) in [6, 6.07) is 4.10. The number of benzene rings is 1. The van der Waals surface area contributed by atoms with Crippen molar-refractivity contribution in [3.05, 3.63) is 35.4 Å². The molecule has 1 N–H and O–H groups in total. The Hall–Kier alpha value is -2.58. The third-order valence-corrected chi connectivity index (χ3v) is 5.70. The molecule has 0 bridgehead atoms. The molecule has 0 unspecified atom stereocenters. The summed E-state index contributed by atoms with van der Waals surface area (Å²) in [6.45, 7) is 5.88. The SMILES string of the molecule is CC(C)(C)C(=O)N1CCC[C@H]1C(=O)N[C@H]1CC(=O)N(Cc2ccccc2C(F)(F)F)C1. The minimum atomic E-state index is -4.50. The van der Waals surface area contributed by atoms with Crippen molar-refractivity contribution < 1.29 is 27.6 Å². The average Bonchev–Trinajstić information content (AvgIpc) is 3.27. The quantitative estimate of drug-likeness (QED) is 0.784. The number of likely N-dealkylation sites (tertiary alicyclic amines) is 2. The van der Waals surface area contributed by atoms with Crippen molar-refractivity contribution in [1.82, 2.24) is 15.1 Å². The first-order valence-corrected chi connectivity index (χ1v) is 10.4. The lowest BCUT2D eigenvalue weighted by Crippen LogP contribution is -2.51. The molecule has 1 aromatic rings. The Labute approximate surface area is 179 Å². The van der Waals surface area contributed by atoms with Crippen molar-refractivity contribution in [2.24, 2.45) is 5.41 Å². The van der Waals surface area contributed by atoms with E-state index in [0.717, 1.165) is 12.5 Å². The maximum Gasteiger partial charge on any atom is 0.416 e. The van der Waals surface area contributed by atoms with Gasteiger partial charge in [-0.25, -0.2) is 0 Å². The van der Waals surface area contributed by atoms with Gasteiger partial charge in [-0.15, -0.1) is 0 Å². The highest BCUT2D eigenvalue weighted by Gasteiger charge is 2.41. The second kappa shape index (κ2) is 8.51. The van der Waals surface area contributed by atoms with Crippen LogP contribution in [0.25, 0.3) is 0 Å². The number of amides is 3. The zero-order valence-corrected chi connectivity index (χ0v) is 18.0. The number of carbonyl (C=O) groups excluding carboxylic acids is 3. The summed E-state index contributed by atoms with van der Waals surface area (Å²) in [4.78, 5) is 40.8. The zero-order valence-electron chi connectivity index (χ0n) is 18.0. The Bertz CT molecular complexity index is 864. The van der Waals surface area contributed by atoms with Gasteiger partial charge in [-0.05, 0) is 24.5 Å². The maximum atomic E-state index is 13.2. The van der Waals surface area contributed by atoms with Gasteiger partial charge in [-0.2, -0.15) is 13.2 Å². The van der Waals surface area contributed by atoms with Crippen molar-refractivity contribution in [3.63, 3.8) is 0 Å². The van der Waals surface area contributed by atoms with Gasteiger partial charge in [0, 0.05) is 31.5 Å². The van der Waals surface area contributed by atoms with Crippen molar-refractivity contribution >= 4 is 17.7 Å². The number of alkyl halides is 3. The number of hydrogen-bond donors (Lipinski definition) is 1. The molecule has 2 aliphatic rings. The number of nitrogens with zero attached hydrogens (tertiary/aromatic N) is 2. The van der Waals surface area contributed by atoms with Gasteiger partial charge >= 0.3 is 6.18 Å². The first-order valence-electron chi connectivity index (χ1n) is 10.4. The van der Waals surface area contributed by atoms with Crippen LogP contribution in [0.4, 0.5) is 13.2 Å². The van der Waals surface area contributed by atoms with E-state index in [-0.39, 0.29) is 42.8 Å². The highest BCUT2D eigenvalue weighted by molar-refractivity contribution is 5.91. The fourth-order valence-corrected chi connectivity index (χ4v) is 4.17. The molecule has 0 spiro atoms. The number of nitrogens with one attached hydrogen (secondary N) is 1. The predicted octanol–water partition coefficient (Wildman–Crippen LogP) is 2.96. The molecule has 2 fully saturated rings. The van der Waals surface area contributed by atoms with E-state index in [1.807, 2.05) is 0 Å². The summed E-state index contributed by atoms with van der Waals surface area (Å²) in [5.74, 6) is -0.722. The molecule has 31 heavy (non-hydrogen) atoms. The van der Waals surface area contributed by atoms with Gasteiger partial charge < -0.3 is 15.1 Å². The van der Waals surface area contributed by atoms with E-state index >= 15 is 0 Å². The number of carbonyl (C=O) groups is 3. The Morgan fingerprint density at radius 1 is 1.16 bits per heavy atom. The van der Waals surface area contributed by atoms with Crippen LogP contribution in [0.1, 0.15) is 51.2 Å². The Morgan fingerprint density at radius 3 is 2.48 bits per heavy atom. The predicted molar refractivity (Wildman–Crippen MR) is 108 cm³/mol. The van der Waals surface area contributed by atoms with Crippen LogP contribution in [0.3, 0.4) is 0 Å². The van der Waals surface area contributed by atoms with Crippen LogP contribution in [0.15, 0.2) is 24.3 Å². The lowest BCUT2D eigenvalue weighted by atomic mass is 9.94. The minimum Gasteiger partial charge on any atom is -0.349 e. The average molecular weight is 439 g/mol. The molecule has 9 heteroatoms. The Morgan fingerprint density at radius 2 is 1.84 bits per heavy atom. The van der Waals surface area contributed by atoms with Gasteiger partial charge in [0.15, 0.2) is 0 Å². The highest BCUT2D eigenvalue weighted by Crippen LogP contribution is 2.33. The van der Waals surface area contributed by atoms with E-state index in [9.17, 15) is 27.6 Å². The zero-order chi connectivity index (χ0) is 23.0. The normalized spacial score (nSPS) is 22.2. The molecular weight excluding hydrogens is 411 g/mol. The van der Waals surface area contributed by atoms with E-state index in [2.05, 4.69) is 5.32 Å². The fraction of sp³-hybridized carbons (Fsp3) is 0.591. The molecule has 2 saturated heterocycles. The summed E-state index contributed by atoms with van der Waals surface area (Å²) < 4.78 is 39.7. The second-order valence-electron chi connectivity index (χ2n) is 9.25. The van der Waals surface area contributed by atoms with Gasteiger partial charge in [0.1, 0.15) is 6.04 Å². The molecule has 170 valence electrons. The minimum absolute atomic E-state index is 0.0214. The molecule has 1 aromatic carbocycles. The molecule has 2 aliphatic heterocycles. The molecule has 0 aliphatic carbocycles. The van der Waals surface area contributed by atoms with Crippen LogP contribution in [0, 0.1) is 5.41 Å². The summed E-state index contributed by atoms with van der Waals surface area (Å²) >= 11 is 0. The smallest absolute Gasteiger partial charge is 0.349 e. The Balaban J connectivity index is 1.64.